The molecule has 0 radical (unpaired) electrons. The van der Waals surface area contributed by atoms with Crippen molar-refractivity contribution < 1.29 is 38.1 Å². The second-order valence-corrected chi connectivity index (χ2v) is 23.6. The van der Waals surface area contributed by atoms with Gasteiger partial charge >= 0.3 is 0 Å². The molecule has 4 aromatic carbocycles. The van der Waals surface area contributed by atoms with Gasteiger partial charge < -0.3 is 0 Å². The minimum absolute atomic E-state index is 0.0479. The molecule has 348 valence electrons. The number of hydrogen-bond acceptors (Lipinski definition) is 8. The van der Waals surface area contributed by atoms with Crippen molar-refractivity contribution in [3.05, 3.63) is 141 Å². The van der Waals surface area contributed by atoms with Gasteiger partial charge in [-0.2, -0.15) is 0 Å². The number of sulfonamides is 4. The summed E-state index contributed by atoms with van der Waals surface area (Å²) in [6.07, 6.45) is 0. The highest BCUT2D eigenvalue weighted by molar-refractivity contribution is 7.89. The summed E-state index contributed by atoms with van der Waals surface area (Å²) in [5.74, 6) is -0.338. The van der Waals surface area contributed by atoms with Crippen molar-refractivity contribution in [2.24, 2.45) is 0 Å². The van der Waals surface area contributed by atoms with Gasteiger partial charge in [0.25, 0.3) is 0 Å². The van der Waals surface area contributed by atoms with Crippen LogP contribution in [0.2, 0.25) is 0 Å². The van der Waals surface area contributed by atoms with Crippen LogP contribution in [0.4, 0.5) is 4.39 Å². The van der Waals surface area contributed by atoms with E-state index >= 15 is 0 Å². The Labute approximate surface area is 373 Å². The first kappa shape index (κ1) is 56.5. The molecule has 4 aromatic rings. The quantitative estimate of drug-likeness (QED) is 0.0879. The van der Waals surface area contributed by atoms with Crippen LogP contribution in [-0.2, 0) is 63.1 Å². The molecule has 0 bridgehead atoms. The van der Waals surface area contributed by atoms with Gasteiger partial charge in [0.1, 0.15) is 5.82 Å². The van der Waals surface area contributed by atoms with Crippen LogP contribution in [0.5, 0.6) is 0 Å². The van der Waals surface area contributed by atoms with Gasteiger partial charge in [0.2, 0.25) is 40.1 Å². The van der Waals surface area contributed by atoms with E-state index in [1.54, 1.807) is 13.8 Å². The first-order valence-corrected chi connectivity index (χ1v) is 26.9. The highest BCUT2D eigenvalue weighted by Gasteiger charge is 2.16. The van der Waals surface area contributed by atoms with E-state index in [-0.39, 0.29) is 53.0 Å². The van der Waals surface area contributed by atoms with E-state index in [0.29, 0.717) is 5.56 Å². The smallest absolute Gasteiger partial charge is 0.212 e. The number of aryl methyl sites for hydroxylation is 5. The zero-order valence-electron chi connectivity index (χ0n) is 38.5. The summed E-state index contributed by atoms with van der Waals surface area (Å²) < 4.78 is 116. The van der Waals surface area contributed by atoms with Gasteiger partial charge in [-0.1, -0.05) is 83.9 Å². The Hall–Kier alpha value is -3.55. The highest BCUT2D eigenvalue weighted by Crippen LogP contribution is 2.15. The van der Waals surface area contributed by atoms with Crippen molar-refractivity contribution >= 4 is 40.1 Å². The van der Waals surface area contributed by atoms with E-state index in [0.717, 1.165) is 38.9 Å². The Morgan fingerprint density at radius 2 is 0.790 bits per heavy atom. The van der Waals surface area contributed by atoms with Crippen LogP contribution in [0.15, 0.2) is 84.9 Å². The fraction of sp³-hybridized carbons (Fsp3) is 0.467. The van der Waals surface area contributed by atoms with Gasteiger partial charge in [-0.3, -0.25) is 0 Å². The predicted molar refractivity (Wildman–Crippen MR) is 253 cm³/mol. The van der Waals surface area contributed by atoms with E-state index in [1.165, 1.54) is 29.8 Å². The maximum atomic E-state index is 12.6. The molecule has 0 saturated carbocycles. The van der Waals surface area contributed by atoms with Crippen LogP contribution >= 0.6 is 0 Å². The van der Waals surface area contributed by atoms with Crippen molar-refractivity contribution in [1.82, 2.24) is 18.9 Å². The van der Waals surface area contributed by atoms with Gasteiger partial charge in [-0.25, -0.2) is 56.9 Å². The maximum absolute atomic E-state index is 12.6. The zero-order chi connectivity index (χ0) is 47.6. The molecule has 0 aliphatic rings. The number of rotatable bonds is 16. The third-order valence-corrected chi connectivity index (χ3v) is 14.3. The largest absolute Gasteiger partial charge is 0.216 e. The van der Waals surface area contributed by atoms with Crippen LogP contribution in [-0.4, -0.2) is 57.8 Å². The van der Waals surface area contributed by atoms with Gasteiger partial charge in [-0.05, 0) is 141 Å². The summed E-state index contributed by atoms with van der Waals surface area (Å²) in [4.78, 5) is 0. The summed E-state index contributed by atoms with van der Waals surface area (Å²) >= 11 is 0. The normalized spacial score (nSPS) is 12.0. The topological polar surface area (TPSA) is 185 Å². The lowest BCUT2D eigenvalue weighted by Crippen LogP contribution is -2.31. The average Bonchev–Trinajstić information content (AvgIpc) is 3.07. The Bertz CT molecular complexity index is 2460. The van der Waals surface area contributed by atoms with Gasteiger partial charge in [0, 0.05) is 24.2 Å². The molecule has 0 heterocycles. The molecule has 4 N–H and O–H groups in total. The summed E-state index contributed by atoms with van der Waals surface area (Å²) in [5.41, 5.74) is 8.63. The molecule has 12 nitrogen and oxygen atoms in total. The monoisotopic (exact) mass is 940 g/mol. The molecule has 0 spiro atoms. The zero-order valence-corrected chi connectivity index (χ0v) is 41.8. The average molecular weight is 941 g/mol. The first-order chi connectivity index (χ1) is 28.4. The van der Waals surface area contributed by atoms with Crippen LogP contribution in [0.3, 0.4) is 0 Å². The minimum atomic E-state index is -3.32. The lowest BCUT2D eigenvalue weighted by Gasteiger charge is -2.11. The molecular weight excluding hydrogens is 872 g/mol. The Morgan fingerprint density at radius 3 is 1.19 bits per heavy atom. The van der Waals surface area contributed by atoms with E-state index in [1.807, 2.05) is 137 Å². The third kappa shape index (κ3) is 25.5. The van der Waals surface area contributed by atoms with E-state index in [9.17, 15) is 38.1 Å². The summed E-state index contributed by atoms with van der Waals surface area (Å²) in [5, 5.41) is 0. The molecule has 4 rings (SSSR count). The first-order valence-electron chi connectivity index (χ1n) is 20.3. The van der Waals surface area contributed by atoms with Crippen LogP contribution < -0.4 is 18.9 Å². The standard InChI is InChI=1S/2C12H19NO2S.C11H17NO2S.C10H14FNO2S/c1-9(2)13-16(14,15)8-12-6-5-10(3)11(4)7-12;1-9(2)13-16(14,15)8-12-6-5-10(3)7-11(12)4;1-9(2)12-15(13,14)8-11-6-4-5-10(3)7-11;1-8(2)12-15(13,14)7-9-3-5-10(11)6-4-9/h2*5-7,9,13H,8H2,1-4H3;4-7,9,12H,8H2,1-3H3;3-6,8,12H,7H2,1-2H3. The van der Waals surface area contributed by atoms with Crippen molar-refractivity contribution in [2.75, 3.05) is 0 Å². The van der Waals surface area contributed by atoms with Crippen molar-refractivity contribution in [2.45, 2.75) is 137 Å². The Kier molecular flexibility index (Phi) is 23.4. The third-order valence-electron chi connectivity index (χ3n) is 8.14. The second kappa shape index (κ2) is 25.7. The van der Waals surface area contributed by atoms with Gasteiger partial charge in [-0.15, -0.1) is 0 Å². The Morgan fingerprint density at radius 1 is 0.403 bits per heavy atom. The highest BCUT2D eigenvalue weighted by atomic mass is 32.2. The van der Waals surface area contributed by atoms with Crippen LogP contribution in [0.25, 0.3) is 0 Å². The van der Waals surface area contributed by atoms with Gasteiger partial charge in [0.15, 0.2) is 0 Å². The molecule has 62 heavy (non-hydrogen) atoms. The second-order valence-electron chi connectivity index (χ2n) is 16.6. The number of nitrogens with one attached hydrogen (secondary N) is 4. The SMILES string of the molecule is CC(C)NS(=O)(=O)Cc1ccc(F)cc1.Cc1ccc(CS(=O)(=O)NC(C)C)c(C)c1.Cc1ccc(CS(=O)(=O)NC(C)C)cc1C.Cc1cccc(CS(=O)(=O)NC(C)C)c1. The lowest BCUT2D eigenvalue weighted by molar-refractivity contribution is 0.567. The minimum Gasteiger partial charge on any atom is -0.212 e. The summed E-state index contributed by atoms with van der Waals surface area (Å²) in [7, 11) is -13.0. The molecule has 0 aromatic heterocycles. The molecule has 0 unspecified atom stereocenters. The summed E-state index contributed by atoms with van der Waals surface area (Å²) in [6.45, 7) is 24.3. The molecule has 0 fully saturated rings. The summed E-state index contributed by atoms with van der Waals surface area (Å²) in [6, 6.07) is 24.2. The van der Waals surface area contributed by atoms with E-state index in [2.05, 4.69) is 18.9 Å². The molecule has 0 aliphatic heterocycles. The molecular formula is C45H69FN4O8S4. The molecule has 0 saturated heterocycles. The van der Waals surface area contributed by atoms with Crippen LogP contribution in [0.1, 0.15) is 105 Å². The molecule has 0 aliphatic carbocycles. The number of benzene rings is 4. The van der Waals surface area contributed by atoms with Crippen molar-refractivity contribution in [3.63, 3.8) is 0 Å². The fourth-order valence-corrected chi connectivity index (χ4v) is 11.6. The number of hydrogen-bond donors (Lipinski definition) is 4. The maximum Gasteiger partial charge on any atom is 0.216 e. The van der Waals surface area contributed by atoms with Crippen molar-refractivity contribution in [1.29, 1.82) is 0 Å². The van der Waals surface area contributed by atoms with Crippen LogP contribution in [0, 0.1) is 40.4 Å². The fourth-order valence-electron chi connectivity index (χ4n) is 5.75. The van der Waals surface area contributed by atoms with Gasteiger partial charge in [0.05, 0.1) is 23.0 Å². The lowest BCUT2D eigenvalue weighted by atomic mass is 10.1. The number of halogens is 1. The van der Waals surface area contributed by atoms with Crippen molar-refractivity contribution in [3.8, 4) is 0 Å². The predicted octanol–water partition coefficient (Wildman–Crippen LogP) is 7.74. The molecule has 17 heteroatoms. The Balaban J connectivity index is 0.000000414. The molecule has 0 atom stereocenters. The molecule has 0 amide bonds. The van der Waals surface area contributed by atoms with E-state index in [4.69, 9.17) is 0 Å². The van der Waals surface area contributed by atoms with E-state index < -0.39 is 40.1 Å².